The van der Waals surface area contributed by atoms with Crippen molar-refractivity contribution in [2.24, 2.45) is 0 Å². The number of carbonyl (C=O) groups excluding carboxylic acids is 1. The van der Waals surface area contributed by atoms with Gasteiger partial charge < -0.3 is 4.74 Å². The van der Waals surface area contributed by atoms with Crippen molar-refractivity contribution in [1.82, 2.24) is 0 Å². The van der Waals surface area contributed by atoms with E-state index < -0.39 is 47.5 Å². The summed E-state index contributed by atoms with van der Waals surface area (Å²) in [5.74, 6) is -33.7. The van der Waals surface area contributed by atoms with E-state index in [0.29, 0.717) is 12.1 Å². The van der Waals surface area contributed by atoms with Gasteiger partial charge in [0.25, 0.3) is 0 Å². The minimum Gasteiger partial charge on any atom is -0.411 e. The third kappa shape index (κ3) is 3.45. The molecule has 1 aromatic rings. The molecular weight excluding hydrogens is 435 g/mol. The SMILES string of the molecule is O=C(OC(F)(C(F)(F)F)C(F)(F)C(F)(F)C(F)(F)C(F)(F)F)c1ccccc1. The predicted octanol–water partition coefficient (Wildman–Crippen LogP) is 5.54. The molecule has 0 aromatic heterocycles. The number of esters is 1. The molecule has 1 aromatic carbocycles. The molecule has 0 fully saturated rings. The summed E-state index contributed by atoms with van der Waals surface area (Å²) in [7, 11) is 0. The molecule has 160 valence electrons. The normalized spacial score (nSPS) is 16.5. The summed E-state index contributed by atoms with van der Waals surface area (Å²) in [6.45, 7) is 0. The smallest absolute Gasteiger partial charge is 0.411 e. The monoisotopic (exact) mass is 440 g/mol. The van der Waals surface area contributed by atoms with E-state index in [1.165, 1.54) is 0 Å². The maximum Gasteiger partial charge on any atom is 0.467 e. The molecule has 0 bridgehead atoms. The number of alkyl halides is 13. The van der Waals surface area contributed by atoms with Gasteiger partial charge in [-0.25, -0.2) is 4.79 Å². The van der Waals surface area contributed by atoms with Crippen LogP contribution in [0, 0.1) is 0 Å². The molecule has 15 heteroatoms. The zero-order valence-electron chi connectivity index (χ0n) is 12.6. The highest BCUT2D eigenvalue weighted by Crippen LogP contribution is 2.60. The lowest BCUT2D eigenvalue weighted by molar-refractivity contribution is -0.463. The maximum atomic E-state index is 13.9. The molecule has 0 saturated heterocycles. The van der Waals surface area contributed by atoms with Gasteiger partial charge in [-0.15, -0.1) is 0 Å². The van der Waals surface area contributed by atoms with Gasteiger partial charge in [0, 0.05) is 0 Å². The molecule has 1 unspecified atom stereocenters. The van der Waals surface area contributed by atoms with E-state index in [-0.39, 0.29) is 0 Å². The Morgan fingerprint density at radius 3 is 1.39 bits per heavy atom. The summed E-state index contributed by atoms with van der Waals surface area (Å²) in [4.78, 5) is 11.4. The second kappa shape index (κ2) is 6.69. The molecule has 0 aliphatic heterocycles. The Morgan fingerprint density at radius 1 is 0.607 bits per heavy atom. The second-order valence-electron chi connectivity index (χ2n) is 5.07. The highest BCUT2D eigenvalue weighted by molar-refractivity contribution is 5.89. The fourth-order valence-electron chi connectivity index (χ4n) is 1.64. The predicted molar refractivity (Wildman–Crippen MR) is 62.6 cm³/mol. The van der Waals surface area contributed by atoms with Crippen molar-refractivity contribution in [3.8, 4) is 0 Å². The maximum absolute atomic E-state index is 13.9. The molecule has 28 heavy (non-hydrogen) atoms. The summed E-state index contributed by atoms with van der Waals surface area (Å²) in [5, 5.41) is 0. The summed E-state index contributed by atoms with van der Waals surface area (Å²) in [6.07, 6.45) is -14.8. The van der Waals surface area contributed by atoms with E-state index >= 15 is 0 Å². The average Bonchev–Trinajstić information content (AvgIpc) is 2.52. The number of rotatable bonds is 5. The Labute approximate surface area is 145 Å². The summed E-state index contributed by atoms with van der Waals surface area (Å²) in [5.41, 5.74) is -1.13. The van der Waals surface area contributed by atoms with Crippen LogP contribution in [-0.2, 0) is 4.74 Å². The quantitative estimate of drug-likeness (QED) is 0.444. The number of halogens is 13. The van der Waals surface area contributed by atoms with Crippen LogP contribution in [0.15, 0.2) is 30.3 Å². The Hall–Kier alpha value is -2.22. The van der Waals surface area contributed by atoms with Crippen LogP contribution in [0.5, 0.6) is 0 Å². The van der Waals surface area contributed by atoms with Crippen LogP contribution in [0.4, 0.5) is 57.1 Å². The molecule has 0 aliphatic carbocycles. The third-order valence-corrected chi connectivity index (χ3v) is 3.16. The van der Waals surface area contributed by atoms with Crippen LogP contribution in [0.25, 0.3) is 0 Å². The highest BCUT2D eigenvalue weighted by atomic mass is 19.4. The first kappa shape index (κ1) is 23.8. The molecule has 1 atom stereocenters. The number of ether oxygens (including phenoxy) is 1. The van der Waals surface area contributed by atoms with E-state index in [9.17, 15) is 61.9 Å². The first-order chi connectivity index (χ1) is 12.2. The van der Waals surface area contributed by atoms with E-state index in [1.807, 2.05) is 0 Å². The van der Waals surface area contributed by atoms with Gasteiger partial charge in [0.05, 0.1) is 5.56 Å². The zero-order valence-corrected chi connectivity index (χ0v) is 12.6. The minimum atomic E-state index is -8.01. The van der Waals surface area contributed by atoms with Crippen LogP contribution in [-0.4, -0.2) is 41.9 Å². The molecule has 2 nitrogen and oxygen atoms in total. The van der Waals surface area contributed by atoms with Gasteiger partial charge in [-0.2, -0.15) is 57.1 Å². The van der Waals surface area contributed by atoms with Crippen molar-refractivity contribution < 1.29 is 66.6 Å². The molecule has 0 N–H and O–H groups in total. The second-order valence-corrected chi connectivity index (χ2v) is 5.07. The van der Waals surface area contributed by atoms with Gasteiger partial charge in [-0.05, 0) is 12.1 Å². The van der Waals surface area contributed by atoms with Gasteiger partial charge in [0.1, 0.15) is 0 Å². The first-order valence-corrected chi connectivity index (χ1v) is 6.48. The summed E-state index contributed by atoms with van der Waals surface area (Å²) >= 11 is 0. The molecule has 0 radical (unpaired) electrons. The molecule has 0 aliphatic rings. The Balaban J connectivity index is 3.56. The standard InChI is InChI=1S/C13H5F13O2/c14-8(15,10(18,19)12(21,22)23)9(16,17)11(20,13(24,25)26)28-7(27)6-4-2-1-3-5-6/h1-5H. The van der Waals surface area contributed by atoms with E-state index in [0.717, 1.165) is 18.2 Å². The number of carbonyl (C=O) groups is 1. The molecule has 0 saturated carbocycles. The van der Waals surface area contributed by atoms with Gasteiger partial charge in [0.15, 0.2) is 0 Å². The lowest BCUT2D eigenvalue weighted by Crippen LogP contribution is -2.71. The van der Waals surface area contributed by atoms with E-state index in [4.69, 9.17) is 0 Å². The zero-order chi connectivity index (χ0) is 22.4. The van der Waals surface area contributed by atoms with Crippen molar-refractivity contribution in [2.75, 3.05) is 0 Å². The van der Waals surface area contributed by atoms with Crippen molar-refractivity contribution >= 4 is 5.97 Å². The molecule has 1 rings (SSSR count). The lowest BCUT2D eigenvalue weighted by Gasteiger charge is -2.40. The van der Waals surface area contributed by atoms with Gasteiger partial charge in [0.2, 0.25) is 0 Å². The average molecular weight is 440 g/mol. The number of benzene rings is 1. The number of hydrogen-bond donors (Lipinski definition) is 0. The van der Waals surface area contributed by atoms with Gasteiger partial charge >= 0.3 is 41.9 Å². The number of hydrogen-bond acceptors (Lipinski definition) is 2. The Morgan fingerprint density at radius 2 is 1.04 bits per heavy atom. The Kier molecular flexibility index (Phi) is 5.69. The van der Waals surface area contributed by atoms with Gasteiger partial charge in [-0.1, -0.05) is 18.2 Å². The molecule has 0 amide bonds. The lowest BCUT2D eigenvalue weighted by atomic mass is 9.96. The topological polar surface area (TPSA) is 26.3 Å². The fraction of sp³-hybridized carbons (Fsp3) is 0.462. The summed E-state index contributed by atoms with van der Waals surface area (Å²) < 4.78 is 170. The third-order valence-electron chi connectivity index (χ3n) is 3.16. The van der Waals surface area contributed by atoms with Crippen LogP contribution in [0.3, 0.4) is 0 Å². The van der Waals surface area contributed by atoms with Crippen LogP contribution in [0.1, 0.15) is 10.4 Å². The van der Waals surface area contributed by atoms with Crippen molar-refractivity contribution in [3.63, 3.8) is 0 Å². The Bertz CT molecular complexity index is 707. The van der Waals surface area contributed by atoms with E-state index in [2.05, 4.69) is 4.74 Å². The van der Waals surface area contributed by atoms with Crippen LogP contribution < -0.4 is 0 Å². The first-order valence-electron chi connectivity index (χ1n) is 6.48. The fourth-order valence-corrected chi connectivity index (χ4v) is 1.64. The minimum absolute atomic E-state index is 0.528. The van der Waals surface area contributed by atoms with Crippen molar-refractivity contribution in [2.45, 2.75) is 36.0 Å². The molecule has 0 heterocycles. The van der Waals surface area contributed by atoms with Crippen molar-refractivity contribution in [1.29, 1.82) is 0 Å². The highest BCUT2D eigenvalue weighted by Gasteiger charge is 2.92. The van der Waals surface area contributed by atoms with Crippen LogP contribution in [0.2, 0.25) is 0 Å². The molecule has 0 spiro atoms. The summed E-state index contributed by atoms with van der Waals surface area (Å²) in [6, 6.07) is 3.90. The molecular formula is C13H5F13O2. The van der Waals surface area contributed by atoms with Crippen molar-refractivity contribution in [3.05, 3.63) is 35.9 Å². The van der Waals surface area contributed by atoms with Crippen LogP contribution >= 0.6 is 0 Å². The largest absolute Gasteiger partial charge is 0.467 e. The van der Waals surface area contributed by atoms with Gasteiger partial charge in [-0.3, -0.25) is 0 Å². The van der Waals surface area contributed by atoms with E-state index in [1.54, 1.807) is 0 Å².